The molecule has 8 heteroatoms. The van der Waals surface area contributed by atoms with E-state index in [2.05, 4.69) is 10.0 Å². The molecule has 0 atom stereocenters. The number of anilines is 2. The third-order valence-corrected chi connectivity index (χ3v) is 4.35. The van der Waals surface area contributed by atoms with Gasteiger partial charge in [0.2, 0.25) is 5.91 Å². The minimum absolute atomic E-state index is 0.0565. The second-order valence-electron chi connectivity index (χ2n) is 4.88. The van der Waals surface area contributed by atoms with Crippen LogP contribution in [0.1, 0.15) is 13.8 Å². The first-order valence-electron chi connectivity index (χ1n) is 7.14. The van der Waals surface area contributed by atoms with Gasteiger partial charge in [0.15, 0.2) is 0 Å². The summed E-state index contributed by atoms with van der Waals surface area (Å²) in [6.07, 6.45) is 0. The van der Waals surface area contributed by atoms with Gasteiger partial charge in [0.1, 0.15) is 11.6 Å². The van der Waals surface area contributed by atoms with Gasteiger partial charge in [-0.15, -0.1) is 0 Å². The van der Waals surface area contributed by atoms with Crippen molar-refractivity contribution in [3.05, 3.63) is 48.3 Å². The first-order chi connectivity index (χ1) is 11.3. The Morgan fingerprint density at radius 2 is 1.83 bits per heavy atom. The highest BCUT2D eigenvalue weighted by atomic mass is 32.2. The molecule has 0 aliphatic carbocycles. The summed E-state index contributed by atoms with van der Waals surface area (Å²) in [5.41, 5.74) is 0.484. The Bertz CT molecular complexity index is 836. The molecule has 0 aromatic heterocycles. The van der Waals surface area contributed by atoms with Crippen LogP contribution in [0, 0.1) is 5.82 Å². The standard InChI is InChI=1S/C16H17FN2O4S/c1-3-23-16-9-8-14(10-15(16)18-11(2)20)24(21,22)19-13-6-4-12(17)5-7-13/h4-10,19H,3H2,1-2H3,(H,18,20). The molecule has 0 radical (unpaired) electrons. The van der Waals surface area contributed by atoms with E-state index in [1.165, 1.54) is 37.3 Å². The second kappa shape index (κ2) is 7.31. The Labute approximate surface area is 139 Å². The number of carbonyl (C=O) groups is 1. The lowest BCUT2D eigenvalue weighted by atomic mass is 10.3. The summed E-state index contributed by atoms with van der Waals surface area (Å²) in [7, 11) is -3.90. The number of carbonyl (C=O) groups excluding carboxylic acids is 1. The molecule has 2 aromatic rings. The molecule has 2 rings (SSSR count). The van der Waals surface area contributed by atoms with Crippen LogP contribution < -0.4 is 14.8 Å². The fourth-order valence-corrected chi connectivity index (χ4v) is 3.06. The number of amides is 1. The minimum Gasteiger partial charge on any atom is -0.492 e. The molecule has 0 spiro atoms. The van der Waals surface area contributed by atoms with Crippen LogP contribution in [-0.2, 0) is 14.8 Å². The van der Waals surface area contributed by atoms with Crippen LogP contribution in [0.15, 0.2) is 47.4 Å². The normalized spacial score (nSPS) is 11.0. The topological polar surface area (TPSA) is 84.5 Å². The Hall–Kier alpha value is -2.61. The summed E-state index contributed by atoms with van der Waals surface area (Å²) in [6.45, 7) is 3.46. The van der Waals surface area contributed by atoms with Gasteiger partial charge in [-0.05, 0) is 49.4 Å². The number of halogens is 1. The van der Waals surface area contributed by atoms with E-state index in [0.29, 0.717) is 12.4 Å². The van der Waals surface area contributed by atoms with E-state index in [9.17, 15) is 17.6 Å². The highest BCUT2D eigenvalue weighted by Gasteiger charge is 2.17. The van der Waals surface area contributed by atoms with Crippen LogP contribution in [-0.4, -0.2) is 20.9 Å². The molecule has 24 heavy (non-hydrogen) atoms. The highest BCUT2D eigenvalue weighted by Crippen LogP contribution is 2.28. The van der Waals surface area contributed by atoms with Gasteiger partial charge in [-0.3, -0.25) is 9.52 Å². The number of sulfonamides is 1. The molecule has 0 fully saturated rings. The van der Waals surface area contributed by atoms with E-state index < -0.39 is 15.8 Å². The maximum Gasteiger partial charge on any atom is 0.261 e. The first-order valence-corrected chi connectivity index (χ1v) is 8.63. The summed E-state index contributed by atoms with van der Waals surface area (Å²) in [4.78, 5) is 11.2. The molecule has 6 nitrogen and oxygen atoms in total. The van der Waals surface area contributed by atoms with Crippen LogP contribution >= 0.6 is 0 Å². The Balaban J connectivity index is 2.35. The molecule has 1 amide bonds. The molecule has 2 aromatic carbocycles. The first kappa shape index (κ1) is 17.7. The van der Waals surface area contributed by atoms with Gasteiger partial charge < -0.3 is 10.1 Å². The van der Waals surface area contributed by atoms with E-state index in [1.807, 2.05) is 0 Å². The molecule has 0 saturated carbocycles. The lowest BCUT2D eigenvalue weighted by Crippen LogP contribution is -2.14. The number of hydrogen-bond acceptors (Lipinski definition) is 4. The summed E-state index contributed by atoms with van der Waals surface area (Å²) < 4.78 is 45.5. The van der Waals surface area contributed by atoms with Gasteiger partial charge in [-0.1, -0.05) is 0 Å². The fraction of sp³-hybridized carbons (Fsp3) is 0.188. The zero-order valence-corrected chi connectivity index (χ0v) is 14.0. The molecule has 0 unspecified atom stereocenters. The van der Waals surface area contributed by atoms with Crippen molar-refractivity contribution >= 4 is 27.3 Å². The maximum absolute atomic E-state index is 12.9. The van der Waals surface area contributed by atoms with Gasteiger partial charge in [0.05, 0.1) is 17.2 Å². The van der Waals surface area contributed by atoms with Crippen molar-refractivity contribution in [1.82, 2.24) is 0 Å². The number of benzene rings is 2. The highest BCUT2D eigenvalue weighted by molar-refractivity contribution is 7.92. The SMILES string of the molecule is CCOc1ccc(S(=O)(=O)Nc2ccc(F)cc2)cc1NC(C)=O. The molecule has 2 N–H and O–H groups in total. The van der Waals surface area contributed by atoms with Gasteiger partial charge in [0, 0.05) is 12.6 Å². The van der Waals surface area contributed by atoms with Crippen molar-refractivity contribution in [3.63, 3.8) is 0 Å². The molecule has 0 heterocycles. The van der Waals surface area contributed by atoms with Crippen molar-refractivity contribution in [1.29, 1.82) is 0 Å². The number of hydrogen-bond donors (Lipinski definition) is 2. The Kier molecular flexibility index (Phi) is 5.40. The van der Waals surface area contributed by atoms with Crippen LogP contribution in [0.25, 0.3) is 0 Å². The van der Waals surface area contributed by atoms with Gasteiger partial charge >= 0.3 is 0 Å². The van der Waals surface area contributed by atoms with E-state index in [4.69, 9.17) is 4.74 Å². The quantitative estimate of drug-likeness (QED) is 0.837. The average Bonchev–Trinajstić information content (AvgIpc) is 2.50. The van der Waals surface area contributed by atoms with E-state index >= 15 is 0 Å². The predicted molar refractivity (Wildman–Crippen MR) is 89.1 cm³/mol. The third kappa shape index (κ3) is 4.45. The van der Waals surface area contributed by atoms with Crippen molar-refractivity contribution in [2.45, 2.75) is 18.7 Å². The van der Waals surface area contributed by atoms with Crippen molar-refractivity contribution < 1.29 is 22.3 Å². The zero-order chi connectivity index (χ0) is 17.7. The van der Waals surface area contributed by atoms with Crippen molar-refractivity contribution in [3.8, 4) is 5.75 Å². The lowest BCUT2D eigenvalue weighted by Gasteiger charge is -2.13. The van der Waals surface area contributed by atoms with Crippen molar-refractivity contribution in [2.75, 3.05) is 16.6 Å². The van der Waals surface area contributed by atoms with Crippen molar-refractivity contribution in [2.24, 2.45) is 0 Å². The smallest absolute Gasteiger partial charge is 0.261 e. The van der Waals surface area contributed by atoms with Crippen LogP contribution in [0.4, 0.5) is 15.8 Å². The number of ether oxygens (including phenoxy) is 1. The number of rotatable bonds is 6. The predicted octanol–water partition coefficient (Wildman–Crippen LogP) is 2.98. The molecular formula is C16H17FN2O4S. The monoisotopic (exact) mass is 352 g/mol. The molecule has 0 aliphatic rings. The van der Waals surface area contributed by atoms with Gasteiger partial charge in [-0.25, -0.2) is 12.8 Å². The van der Waals surface area contributed by atoms with Crippen LogP contribution in [0.3, 0.4) is 0 Å². The molecule has 0 saturated heterocycles. The molecule has 0 bridgehead atoms. The van der Waals surface area contributed by atoms with Gasteiger partial charge in [-0.2, -0.15) is 0 Å². The van der Waals surface area contributed by atoms with Gasteiger partial charge in [0.25, 0.3) is 10.0 Å². The Morgan fingerprint density at radius 3 is 2.42 bits per heavy atom. The maximum atomic E-state index is 12.9. The summed E-state index contributed by atoms with van der Waals surface area (Å²) in [5.74, 6) is -0.447. The fourth-order valence-electron chi connectivity index (χ4n) is 1.98. The lowest BCUT2D eigenvalue weighted by molar-refractivity contribution is -0.114. The van der Waals surface area contributed by atoms with E-state index in [-0.39, 0.29) is 22.2 Å². The molecular weight excluding hydrogens is 335 g/mol. The zero-order valence-electron chi connectivity index (χ0n) is 13.2. The number of nitrogens with one attached hydrogen (secondary N) is 2. The van der Waals surface area contributed by atoms with Crippen LogP contribution in [0.2, 0.25) is 0 Å². The van der Waals surface area contributed by atoms with E-state index in [1.54, 1.807) is 6.92 Å². The van der Waals surface area contributed by atoms with E-state index in [0.717, 1.165) is 12.1 Å². The van der Waals surface area contributed by atoms with Crippen LogP contribution in [0.5, 0.6) is 5.75 Å². The molecule has 128 valence electrons. The Morgan fingerprint density at radius 1 is 1.17 bits per heavy atom. The average molecular weight is 352 g/mol. The summed E-state index contributed by atoms with van der Waals surface area (Å²) in [6, 6.07) is 9.07. The summed E-state index contributed by atoms with van der Waals surface area (Å²) >= 11 is 0. The second-order valence-corrected chi connectivity index (χ2v) is 6.57. The largest absolute Gasteiger partial charge is 0.492 e. The summed E-state index contributed by atoms with van der Waals surface area (Å²) in [5, 5.41) is 2.54. The third-order valence-electron chi connectivity index (χ3n) is 2.97. The molecule has 0 aliphatic heterocycles. The minimum atomic E-state index is -3.90.